The third-order valence-corrected chi connectivity index (χ3v) is 6.07. The van der Waals surface area contributed by atoms with Gasteiger partial charge in [-0.25, -0.2) is 8.42 Å². The van der Waals surface area contributed by atoms with Crippen LogP contribution in [0.1, 0.15) is 18.1 Å². The fourth-order valence-electron chi connectivity index (χ4n) is 2.44. The van der Waals surface area contributed by atoms with Crippen LogP contribution >= 0.6 is 0 Å². The monoisotopic (exact) mass is 340 g/mol. The summed E-state index contributed by atoms with van der Waals surface area (Å²) in [6.45, 7) is 7.15. The van der Waals surface area contributed by atoms with Gasteiger partial charge in [-0.1, -0.05) is 6.07 Å². The van der Waals surface area contributed by atoms with Gasteiger partial charge in [0.15, 0.2) is 6.61 Å². The van der Waals surface area contributed by atoms with Crippen LogP contribution < -0.4 is 4.74 Å². The number of rotatable bonds is 5. The average Bonchev–Trinajstić information content (AvgIpc) is 2.55. The molecule has 0 saturated carbocycles. The third kappa shape index (κ3) is 4.45. The van der Waals surface area contributed by atoms with Crippen LogP contribution in [0, 0.1) is 13.8 Å². The van der Waals surface area contributed by atoms with Crippen molar-refractivity contribution < 1.29 is 17.9 Å². The molecule has 6 nitrogen and oxygen atoms in total. The molecule has 0 aromatic heterocycles. The van der Waals surface area contributed by atoms with E-state index < -0.39 is 10.0 Å². The van der Waals surface area contributed by atoms with E-state index in [2.05, 4.69) is 0 Å². The summed E-state index contributed by atoms with van der Waals surface area (Å²) in [5, 5.41) is 0. The number of aryl methyl sites for hydroxylation is 2. The van der Waals surface area contributed by atoms with E-state index in [-0.39, 0.29) is 18.3 Å². The Labute approximate surface area is 138 Å². The normalized spacial score (nSPS) is 16.4. The van der Waals surface area contributed by atoms with Gasteiger partial charge >= 0.3 is 0 Å². The molecule has 23 heavy (non-hydrogen) atoms. The second kappa shape index (κ2) is 7.31. The van der Waals surface area contributed by atoms with Crippen LogP contribution in [0.15, 0.2) is 18.2 Å². The number of carbonyl (C=O) groups is 1. The van der Waals surface area contributed by atoms with Crippen LogP contribution in [-0.2, 0) is 14.8 Å². The standard InChI is InChI=1S/C16H24N2O4S/c1-4-23(20,21)18-9-7-17(8-10-18)16(19)12-22-15-6-5-13(2)14(3)11-15/h5-6,11H,4,7-10,12H2,1-3H3. The molecule has 2 rings (SSSR count). The van der Waals surface area contributed by atoms with Gasteiger partial charge in [-0.3, -0.25) is 4.79 Å². The van der Waals surface area contributed by atoms with Crippen molar-refractivity contribution in [2.45, 2.75) is 20.8 Å². The average molecular weight is 340 g/mol. The lowest BCUT2D eigenvalue weighted by Gasteiger charge is -2.33. The molecule has 1 saturated heterocycles. The molecule has 1 heterocycles. The van der Waals surface area contributed by atoms with E-state index in [0.717, 1.165) is 5.56 Å². The first-order chi connectivity index (χ1) is 10.8. The quantitative estimate of drug-likeness (QED) is 0.807. The van der Waals surface area contributed by atoms with Crippen molar-refractivity contribution in [3.8, 4) is 5.75 Å². The van der Waals surface area contributed by atoms with Crippen LogP contribution in [0.2, 0.25) is 0 Å². The molecule has 1 amide bonds. The SMILES string of the molecule is CCS(=O)(=O)N1CCN(C(=O)COc2ccc(C)c(C)c2)CC1. The van der Waals surface area contributed by atoms with Crippen molar-refractivity contribution in [2.75, 3.05) is 38.5 Å². The number of benzene rings is 1. The predicted molar refractivity (Wildman–Crippen MR) is 89.0 cm³/mol. The fourth-order valence-corrected chi connectivity index (χ4v) is 3.52. The summed E-state index contributed by atoms with van der Waals surface area (Å²) in [6.07, 6.45) is 0. The van der Waals surface area contributed by atoms with Crippen LogP contribution in [0.5, 0.6) is 5.75 Å². The van der Waals surface area contributed by atoms with E-state index in [9.17, 15) is 13.2 Å². The number of sulfonamides is 1. The minimum atomic E-state index is -3.17. The molecular formula is C16H24N2O4S. The molecule has 1 aliphatic rings. The van der Waals surface area contributed by atoms with Gasteiger partial charge in [0.25, 0.3) is 5.91 Å². The minimum absolute atomic E-state index is 0.0248. The summed E-state index contributed by atoms with van der Waals surface area (Å²) in [7, 11) is -3.17. The smallest absolute Gasteiger partial charge is 0.260 e. The second-order valence-corrected chi connectivity index (χ2v) is 7.97. The van der Waals surface area contributed by atoms with E-state index in [4.69, 9.17) is 4.74 Å². The van der Waals surface area contributed by atoms with E-state index in [0.29, 0.717) is 31.9 Å². The van der Waals surface area contributed by atoms with Gasteiger partial charge in [0.05, 0.1) is 5.75 Å². The molecule has 0 aliphatic carbocycles. The molecule has 0 radical (unpaired) electrons. The Morgan fingerprint density at radius 2 is 1.78 bits per heavy atom. The summed E-state index contributed by atoms with van der Waals surface area (Å²) in [4.78, 5) is 13.8. The first kappa shape index (κ1) is 17.7. The van der Waals surface area contributed by atoms with Gasteiger partial charge in [-0.05, 0) is 44.0 Å². The van der Waals surface area contributed by atoms with E-state index in [1.165, 1.54) is 9.87 Å². The molecule has 0 spiro atoms. The van der Waals surface area contributed by atoms with Gasteiger partial charge in [0.1, 0.15) is 5.75 Å². The molecule has 0 N–H and O–H groups in total. The van der Waals surface area contributed by atoms with Gasteiger partial charge in [-0.2, -0.15) is 4.31 Å². The molecule has 0 unspecified atom stereocenters. The second-order valence-electron chi connectivity index (χ2n) is 5.72. The first-order valence-corrected chi connectivity index (χ1v) is 9.40. The number of ether oxygens (including phenoxy) is 1. The Balaban J connectivity index is 1.84. The predicted octanol–water partition coefficient (Wildman–Crippen LogP) is 1.18. The van der Waals surface area contributed by atoms with Gasteiger partial charge in [0.2, 0.25) is 10.0 Å². The van der Waals surface area contributed by atoms with Crippen LogP contribution in [0.4, 0.5) is 0 Å². The van der Waals surface area contributed by atoms with E-state index >= 15 is 0 Å². The Morgan fingerprint density at radius 1 is 1.13 bits per heavy atom. The topological polar surface area (TPSA) is 66.9 Å². The molecule has 1 fully saturated rings. The summed E-state index contributed by atoms with van der Waals surface area (Å²) in [5.41, 5.74) is 2.30. The maximum atomic E-state index is 12.2. The highest BCUT2D eigenvalue weighted by atomic mass is 32.2. The lowest BCUT2D eigenvalue weighted by Crippen LogP contribution is -2.51. The van der Waals surface area contributed by atoms with Crippen LogP contribution in [0.25, 0.3) is 0 Å². The van der Waals surface area contributed by atoms with Crippen molar-refractivity contribution in [3.63, 3.8) is 0 Å². The molecule has 1 aromatic carbocycles. The maximum absolute atomic E-state index is 12.2. The highest BCUT2D eigenvalue weighted by Gasteiger charge is 2.27. The Morgan fingerprint density at radius 3 is 2.35 bits per heavy atom. The van der Waals surface area contributed by atoms with Crippen molar-refractivity contribution >= 4 is 15.9 Å². The van der Waals surface area contributed by atoms with Gasteiger partial charge in [-0.15, -0.1) is 0 Å². The largest absolute Gasteiger partial charge is 0.484 e. The van der Waals surface area contributed by atoms with Gasteiger partial charge < -0.3 is 9.64 Å². The molecule has 0 bridgehead atoms. The lowest BCUT2D eigenvalue weighted by atomic mass is 10.1. The Bertz CT molecular complexity index is 665. The summed E-state index contributed by atoms with van der Waals surface area (Å²) in [6, 6.07) is 5.72. The summed E-state index contributed by atoms with van der Waals surface area (Å²) < 4.78 is 30.6. The maximum Gasteiger partial charge on any atom is 0.260 e. The van der Waals surface area contributed by atoms with E-state index in [1.807, 2.05) is 32.0 Å². The van der Waals surface area contributed by atoms with Crippen molar-refractivity contribution in [1.82, 2.24) is 9.21 Å². The van der Waals surface area contributed by atoms with Crippen LogP contribution in [-0.4, -0.2) is 62.1 Å². The molecule has 1 aromatic rings. The summed E-state index contributed by atoms with van der Waals surface area (Å²) >= 11 is 0. The number of hydrogen-bond acceptors (Lipinski definition) is 4. The van der Waals surface area contributed by atoms with Crippen molar-refractivity contribution in [1.29, 1.82) is 0 Å². The molecule has 7 heteroatoms. The number of nitrogens with zero attached hydrogens (tertiary/aromatic N) is 2. The molecule has 128 valence electrons. The third-order valence-electron chi connectivity index (χ3n) is 4.19. The zero-order chi connectivity index (χ0) is 17.0. The Kier molecular flexibility index (Phi) is 5.64. The minimum Gasteiger partial charge on any atom is -0.484 e. The van der Waals surface area contributed by atoms with E-state index in [1.54, 1.807) is 11.8 Å². The number of hydrogen-bond donors (Lipinski definition) is 0. The zero-order valence-electron chi connectivity index (χ0n) is 13.9. The fraction of sp³-hybridized carbons (Fsp3) is 0.562. The Hall–Kier alpha value is -1.60. The lowest BCUT2D eigenvalue weighted by molar-refractivity contribution is -0.134. The van der Waals surface area contributed by atoms with Gasteiger partial charge in [0, 0.05) is 26.2 Å². The first-order valence-electron chi connectivity index (χ1n) is 7.79. The van der Waals surface area contributed by atoms with Crippen LogP contribution in [0.3, 0.4) is 0 Å². The van der Waals surface area contributed by atoms with Crippen molar-refractivity contribution in [3.05, 3.63) is 29.3 Å². The number of piperazine rings is 1. The highest BCUT2D eigenvalue weighted by molar-refractivity contribution is 7.89. The summed E-state index contributed by atoms with van der Waals surface area (Å²) in [5.74, 6) is 0.655. The zero-order valence-corrected chi connectivity index (χ0v) is 14.7. The molecule has 0 atom stereocenters. The van der Waals surface area contributed by atoms with Crippen molar-refractivity contribution in [2.24, 2.45) is 0 Å². The molecule has 1 aliphatic heterocycles. The number of carbonyl (C=O) groups excluding carboxylic acids is 1. The number of amides is 1. The highest BCUT2D eigenvalue weighted by Crippen LogP contribution is 2.16. The molecular weight excluding hydrogens is 316 g/mol.